The highest BCUT2D eigenvalue weighted by molar-refractivity contribution is 5.07. The molecule has 1 aliphatic heterocycles. The number of aromatic amines is 1. The van der Waals surface area contributed by atoms with E-state index in [9.17, 15) is 4.79 Å². The van der Waals surface area contributed by atoms with Crippen LogP contribution in [0.25, 0.3) is 0 Å². The number of pyridine rings is 1. The summed E-state index contributed by atoms with van der Waals surface area (Å²) in [5.41, 5.74) is 1.09. The first-order chi connectivity index (χ1) is 8.84. The summed E-state index contributed by atoms with van der Waals surface area (Å²) in [6.45, 7) is 5.63. The molecular formula is C14H23N3O. The molecule has 18 heavy (non-hydrogen) atoms. The Balaban J connectivity index is 1.55. The molecule has 0 amide bonds. The predicted octanol–water partition coefficient (Wildman–Crippen LogP) is 1.34. The fraction of sp³-hybridized carbons (Fsp3) is 0.643. The molecule has 0 radical (unpaired) electrons. The van der Waals surface area contributed by atoms with Crippen molar-refractivity contribution in [2.45, 2.75) is 32.2 Å². The summed E-state index contributed by atoms with van der Waals surface area (Å²) in [5.74, 6) is 0. The van der Waals surface area contributed by atoms with Crippen LogP contribution in [0.3, 0.4) is 0 Å². The first kappa shape index (κ1) is 13.3. The van der Waals surface area contributed by atoms with Gasteiger partial charge in [-0.05, 0) is 51.0 Å². The Kier molecular flexibility index (Phi) is 5.42. The largest absolute Gasteiger partial charge is 0.329 e. The van der Waals surface area contributed by atoms with Gasteiger partial charge in [-0.2, -0.15) is 0 Å². The van der Waals surface area contributed by atoms with Crippen molar-refractivity contribution in [2.75, 3.05) is 26.2 Å². The van der Waals surface area contributed by atoms with Gasteiger partial charge in [0, 0.05) is 18.8 Å². The second kappa shape index (κ2) is 7.34. The predicted molar refractivity (Wildman–Crippen MR) is 73.7 cm³/mol. The Labute approximate surface area is 108 Å². The van der Waals surface area contributed by atoms with Crippen LogP contribution in [0.4, 0.5) is 0 Å². The fourth-order valence-electron chi connectivity index (χ4n) is 2.40. The van der Waals surface area contributed by atoms with Crippen molar-refractivity contribution in [2.24, 2.45) is 0 Å². The van der Waals surface area contributed by atoms with Gasteiger partial charge in [0.05, 0.1) is 0 Å². The van der Waals surface area contributed by atoms with Gasteiger partial charge in [0.15, 0.2) is 0 Å². The summed E-state index contributed by atoms with van der Waals surface area (Å²) in [4.78, 5) is 16.1. The molecule has 1 aliphatic rings. The SMILES string of the molecule is O=c1ccc(CNCCCN2CCCCC2)c[nH]1. The molecule has 0 spiro atoms. The second-order valence-corrected chi connectivity index (χ2v) is 4.99. The summed E-state index contributed by atoms with van der Waals surface area (Å²) in [5, 5.41) is 3.41. The van der Waals surface area contributed by atoms with Crippen molar-refractivity contribution in [3.63, 3.8) is 0 Å². The van der Waals surface area contributed by atoms with Gasteiger partial charge in [-0.15, -0.1) is 0 Å². The van der Waals surface area contributed by atoms with Crippen molar-refractivity contribution < 1.29 is 0 Å². The highest BCUT2D eigenvalue weighted by Gasteiger charge is 2.08. The summed E-state index contributed by atoms with van der Waals surface area (Å²) in [7, 11) is 0. The van der Waals surface area contributed by atoms with Crippen LogP contribution in [-0.4, -0.2) is 36.1 Å². The molecule has 0 aliphatic carbocycles. The van der Waals surface area contributed by atoms with Crippen LogP contribution in [0, 0.1) is 0 Å². The molecule has 2 N–H and O–H groups in total. The lowest BCUT2D eigenvalue weighted by atomic mass is 10.1. The quantitative estimate of drug-likeness (QED) is 0.748. The molecule has 2 heterocycles. The number of hydrogen-bond acceptors (Lipinski definition) is 3. The Hall–Kier alpha value is -1.13. The van der Waals surface area contributed by atoms with E-state index in [0.717, 1.165) is 18.7 Å². The van der Waals surface area contributed by atoms with Gasteiger partial charge in [0.2, 0.25) is 5.56 Å². The minimum absolute atomic E-state index is 0.0381. The van der Waals surface area contributed by atoms with Gasteiger partial charge in [-0.3, -0.25) is 4.79 Å². The summed E-state index contributed by atoms with van der Waals surface area (Å²) in [6.07, 6.45) is 7.11. The van der Waals surface area contributed by atoms with Gasteiger partial charge in [-0.25, -0.2) is 0 Å². The zero-order chi connectivity index (χ0) is 12.6. The number of piperidine rings is 1. The Bertz CT molecular complexity index is 376. The number of nitrogens with zero attached hydrogens (tertiary/aromatic N) is 1. The third-order valence-corrected chi connectivity index (χ3v) is 3.45. The van der Waals surface area contributed by atoms with Gasteiger partial charge in [-0.1, -0.05) is 12.5 Å². The van der Waals surface area contributed by atoms with Crippen LogP contribution in [0.2, 0.25) is 0 Å². The first-order valence-electron chi connectivity index (χ1n) is 6.95. The molecule has 0 saturated carbocycles. The van der Waals surface area contributed by atoms with Crippen LogP contribution in [0.1, 0.15) is 31.2 Å². The molecule has 4 nitrogen and oxygen atoms in total. The van der Waals surface area contributed by atoms with Gasteiger partial charge in [0.25, 0.3) is 0 Å². The zero-order valence-electron chi connectivity index (χ0n) is 11.0. The maximum Gasteiger partial charge on any atom is 0.247 e. The van der Waals surface area contributed by atoms with E-state index in [1.165, 1.54) is 45.3 Å². The highest BCUT2D eigenvalue weighted by atomic mass is 16.1. The average Bonchev–Trinajstić information content (AvgIpc) is 2.42. The van der Waals surface area contributed by atoms with Crippen LogP contribution >= 0.6 is 0 Å². The van der Waals surface area contributed by atoms with E-state index in [1.54, 1.807) is 12.3 Å². The van der Waals surface area contributed by atoms with Crippen LogP contribution in [0.5, 0.6) is 0 Å². The molecule has 0 atom stereocenters. The third-order valence-electron chi connectivity index (χ3n) is 3.45. The van der Waals surface area contributed by atoms with Crippen molar-refractivity contribution in [3.05, 3.63) is 34.2 Å². The van der Waals surface area contributed by atoms with Crippen LogP contribution < -0.4 is 10.9 Å². The van der Waals surface area contributed by atoms with Crippen molar-refractivity contribution in [1.29, 1.82) is 0 Å². The number of aromatic nitrogens is 1. The van der Waals surface area contributed by atoms with Gasteiger partial charge >= 0.3 is 0 Å². The van der Waals surface area contributed by atoms with Crippen LogP contribution in [-0.2, 0) is 6.54 Å². The molecule has 100 valence electrons. The van der Waals surface area contributed by atoms with E-state index in [2.05, 4.69) is 15.2 Å². The van der Waals surface area contributed by atoms with E-state index in [4.69, 9.17) is 0 Å². The zero-order valence-corrected chi connectivity index (χ0v) is 11.0. The summed E-state index contributed by atoms with van der Waals surface area (Å²) < 4.78 is 0. The molecule has 1 saturated heterocycles. The first-order valence-corrected chi connectivity index (χ1v) is 6.95. The molecule has 0 aromatic carbocycles. The number of H-pyrrole nitrogens is 1. The molecule has 0 bridgehead atoms. The standard InChI is InChI=1S/C14H23N3O/c18-14-6-5-13(12-16-14)11-15-7-4-10-17-8-2-1-3-9-17/h5-6,12,15H,1-4,7-11H2,(H,16,18). The topological polar surface area (TPSA) is 48.1 Å². The lowest BCUT2D eigenvalue weighted by molar-refractivity contribution is 0.225. The van der Waals surface area contributed by atoms with E-state index in [1.807, 2.05) is 6.07 Å². The van der Waals surface area contributed by atoms with E-state index in [0.29, 0.717) is 0 Å². The van der Waals surface area contributed by atoms with E-state index >= 15 is 0 Å². The van der Waals surface area contributed by atoms with Crippen molar-refractivity contribution in [3.8, 4) is 0 Å². The maximum absolute atomic E-state index is 10.9. The van der Waals surface area contributed by atoms with Gasteiger partial charge in [0.1, 0.15) is 0 Å². The average molecular weight is 249 g/mol. The molecular weight excluding hydrogens is 226 g/mol. The third kappa shape index (κ3) is 4.63. The highest BCUT2D eigenvalue weighted by Crippen LogP contribution is 2.08. The Morgan fingerprint density at radius 2 is 2.06 bits per heavy atom. The van der Waals surface area contributed by atoms with E-state index < -0.39 is 0 Å². The fourth-order valence-corrected chi connectivity index (χ4v) is 2.40. The molecule has 1 aromatic rings. The number of nitrogens with one attached hydrogen (secondary N) is 2. The van der Waals surface area contributed by atoms with Crippen molar-refractivity contribution >= 4 is 0 Å². The Morgan fingerprint density at radius 3 is 2.78 bits per heavy atom. The molecule has 2 rings (SSSR count). The number of hydrogen-bond donors (Lipinski definition) is 2. The normalized spacial score (nSPS) is 16.9. The Morgan fingerprint density at radius 1 is 1.22 bits per heavy atom. The number of rotatable bonds is 6. The van der Waals surface area contributed by atoms with Crippen molar-refractivity contribution in [1.82, 2.24) is 15.2 Å². The molecule has 1 fully saturated rings. The smallest absolute Gasteiger partial charge is 0.247 e. The number of likely N-dealkylation sites (tertiary alicyclic amines) is 1. The molecule has 1 aromatic heterocycles. The maximum atomic E-state index is 10.9. The summed E-state index contributed by atoms with van der Waals surface area (Å²) in [6, 6.07) is 3.45. The minimum Gasteiger partial charge on any atom is -0.329 e. The minimum atomic E-state index is -0.0381. The molecule has 0 unspecified atom stereocenters. The lowest BCUT2D eigenvalue weighted by Gasteiger charge is -2.26. The lowest BCUT2D eigenvalue weighted by Crippen LogP contribution is -2.32. The second-order valence-electron chi connectivity index (χ2n) is 4.99. The summed E-state index contributed by atoms with van der Waals surface area (Å²) >= 11 is 0. The van der Waals surface area contributed by atoms with Gasteiger partial charge < -0.3 is 15.2 Å². The monoisotopic (exact) mass is 249 g/mol. The molecule has 4 heteroatoms. The van der Waals surface area contributed by atoms with Crippen LogP contribution in [0.15, 0.2) is 23.1 Å². The van der Waals surface area contributed by atoms with E-state index in [-0.39, 0.29) is 5.56 Å².